The summed E-state index contributed by atoms with van der Waals surface area (Å²) in [5.74, 6) is 0. The minimum atomic E-state index is 0.471. The molecule has 0 bridgehead atoms. The van der Waals surface area contributed by atoms with Crippen LogP contribution in [0.15, 0.2) is 66.7 Å². The van der Waals surface area contributed by atoms with Gasteiger partial charge in [-0.2, -0.15) is 0 Å². The summed E-state index contributed by atoms with van der Waals surface area (Å²) in [7, 11) is 0. The Kier molecular flexibility index (Phi) is 2.65. The molecule has 0 unspecified atom stereocenters. The minimum Gasteiger partial charge on any atom is -0.144 e. The van der Waals surface area contributed by atoms with E-state index in [2.05, 4.69) is 30.3 Å². The van der Waals surface area contributed by atoms with Gasteiger partial charge in [0.25, 0.3) is 0 Å². The fourth-order valence-electron chi connectivity index (χ4n) is 2.22. The van der Waals surface area contributed by atoms with E-state index in [1.54, 1.807) is 0 Å². The van der Waals surface area contributed by atoms with Crippen LogP contribution >= 0.6 is 0 Å². The van der Waals surface area contributed by atoms with Gasteiger partial charge in [-0.25, -0.2) is 0 Å². The number of rotatable bonds is 2. The molecule has 2 aromatic carbocycles. The van der Waals surface area contributed by atoms with Crippen molar-refractivity contribution in [1.82, 2.24) is 0 Å². The molecule has 1 aliphatic rings. The third-order valence-electron chi connectivity index (χ3n) is 3.12. The van der Waals surface area contributed by atoms with Crippen LogP contribution in [0.2, 0.25) is 0 Å². The molecule has 0 amide bonds. The standard InChI is InChI=1S/C18H14/c1-3-9-15(10-4-1)17-13-7-8-14-18(17)16-11-5-2-6-12-16/h1-7,9-13H,14H2/i7D. The quantitative estimate of drug-likeness (QED) is 0.664. The molecule has 0 spiro atoms. The first-order valence-electron chi connectivity index (χ1n) is 6.61. The highest BCUT2D eigenvalue weighted by Crippen LogP contribution is 2.33. The summed E-state index contributed by atoms with van der Waals surface area (Å²) in [4.78, 5) is 0. The van der Waals surface area contributed by atoms with Crippen molar-refractivity contribution in [3.63, 3.8) is 0 Å². The summed E-state index contributed by atoms with van der Waals surface area (Å²) in [5, 5.41) is 0. The van der Waals surface area contributed by atoms with Gasteiger partial charge in [-0.05, 0) is 34.7 Å². The molecular weight excluding hydrogens is 216 g/mol. The van der Waals surface area contributed by atoms with E-state index in [1.165, 1.54) is 11.1 Å². The maximum atomic E-state index is 7.82. The molecule has 0 aliphatic heterocycles. The van der Waals surface area contributed by atoms with Crippen LogP contribution in [0.3, 0.4) is 0 Å². The van der Waals surface area contributed by atoms with Gasteiger partial charge in [0.1, 0.15) is 0 Å². The second-order valence-corrected chi connectivity index (χ2v) is 4.27. The molecule has 1 aliphatic carbocycles. The maximum absolute atomic E-state index is 7.82. The third-order valence-corrected chi connectivity index (χ3v) is 3.12. The first kappa shape index (κ1) is 9.70. The van der Waals surface area contributed by atoms with E-state index >= 15 is 0 Å². The highest BCUT2D eigenvalue weighted by molar-refractivity contribution is 5.96. The molecule has 0 saturated carbocycles. The second kappa shape index (κ2) is 4.91. The average Bonchev–Trinajstić information content (AvgIpc) is 2.49. The number of hydrogen-bond donors (Lipinski definition) is 0. The van der Waals surface area contributed by atoms with Gasteiger partial charge in [0, 0.05) is 6.42 Å². The van der Waals surface area contributed by atoms with Crippen LogP contribution < -0.4 is 0 Å². The van der Waals surface area contributed by atoms with E-state index in [4.69, 9.17) is 1.37 Å². The number of allylic oxidation sites excluding steroid dienone is 4. The fraction of sp³-hybridized carbons (Fsp3) is 0.0556. The summed E-state index contributed by atoms with van der Waals surface area (Å²) < 4.78 is 7.82. The molecule has 0 atom stereocenters. The minimum absolute atomic E-state index is 0.471. The van der Waals surface area contributed by atoms with Gasteiger partial charge in [-0.1, -0.05) is 60.7 Å². The van der Waals surface area contributed by atoms with Crippen molar-refractivity contribution in [2.75, 3.05) is 0 Å². The summed E-state index contributed by atoms with van der Waals surface area (Å²) in [6.45, 7) is 0. The zero-order chi connectivity index (χ0) is 13.1. The Hall–Kier alpha value is -2.30. The van der Waals surface area contributed by atoms with Gasteiger partial charge in [0.2, 0.25) is 0 Å². The Morgan fingerprint density at radius 1 is 0.889 bits per heavy atom. The summed E-state index contributed by atoms with van der Waals surface area (Å²) in [6.07, 6.45) is 5.70. The maximum Gasteiger partial charge on any atom is 0.0710 e. The van der Waals surface area contributed by atoms with E-state index in [0.29, 0.717) is 12.5 Å². The van der Waals surface area contributed by atoms with Crippen molar-refractivity contribution in [3.8, 4) is 0 Å². The topological polar surface area (TPSA) is 0 Å². The lowest BCUT2D eigenvalue weighted by atomic mass is 9.87. The summed E-state index contributed by atoms with van der Waals surface area (Å²) >= 11 is 0. The number of benzene rings is 2. The van der Waals surface area contributed by atoms with E-state index in [-0.39, 0.29) is 0 Å². The van der Waals surface area contributed by atoms with Crippen LogP contribution in [-0.4, -0.2) is 0 Å². The first-order chi connectivity index (χ1) is 9.34. The number of hydrogen-bond acceptors (Lipinski definition) is 0. The monoisotopic (exact) mass is 231 g/mol. The summed E-state index contributed by atoms with van der Waals surface area (Å²) in [5.41, 5.74) is 4.74. The Morgan fingerprint density at radius 2 is 1.50 bits per heavy atom. The lowest BCUT2D eigenvalue weighted by Gasteiger charge is -2.17. The van der Waals surface area contributed by atoms with E-state index in [9.17, 15) is 0 Å². The van der Waals surface area contributed by atoms with Gasteiger partial charge >= 0.3 is 0 Å². The van der Waals surface area contributed by atoms with Crippen LogP contribution in [0.4, 0.5) is 0 Å². The molecule has 86 valence electrons. The van der Waals surface area contributed by atoms with E-state index in [0.717, 1.165) is 11.1 Å². The van der Waals surface area contributed by atoms with Gasteiger partial charge in [0.15, 0.2) is 0 Å². The lowest BCUT2D eigenvalue weighted by molar-refractivity contribution is 1.31. The van der Waals surface area contributed by atoms with Gasteiger partial charge in [-0.15, -0.1) is 6.08 Å². The zero-order valence-electron chi connectivity index (χ0n) is 11.1. The van der Waals surface area contributed by atoms with Crippen LogP contribution in [0, 0.1) is 12.5 Å². The zero-order valence-corrected chi connectivity index (χ0v) is 10.1. The smallest absolute Gasteiger partial charge is 0.0710 e. The van der Waals surface area contributed by atoms with Crippen molar-refractivity contribution in [1.29, 1.82) is 0 Å². The largest absolute Gasteiger partial charge is 0.144 e. The molecule has 0 radical (unpaired) electrons. The third kappa shape index (κ3) is 2.07. The molecule has 0 heteroatoms. The molecule has 3 rings (SSSR count). The van der Waals surface area contributed by atoms with Gasteiger partial charge in [0.05, 0.1) is 1.37 Å². The normalized spacial score (nSPS) is 15.3. The molecular formula is C18H14. The van der Waals surface area contributed by atoms with E-state index < -0.39 is 0 Å². The van der Waals surface area contributed by atoms with Gasteiger partial charge in [-0.3, -0.25) is 0 Å². The molecule has 18 heavy (non-hydrogen) atoms. The Balaban J connectivity index is 2.11. The van der Waals surface area contributed by atoms with Crippen molar-refractivity contribution in [2.45, 2.75) is 6.42 Å². The molecule has 0 N–H and O–H groups in total. The van der Waals surface area contributed by atoms with Crippen LogP contribution in [-0.2, 0) is 0 Å². The Bertz CT molecular complexity index is 621. The predicted molar refractivity (Wildman–Crippen MR) is 76.4 cm³/mol. The highest BCUT2D eigenvalue weighted by atomic mass is 14.2. The molecule has 0 heterocycles. The summed E-state index contributed by atoms with van der Waals surface area (Å²) in [6, 6.07) is 21.1. The molecule has 0 saturated heterocycles. The van der Waals surface area contributed by atoms with Crippen molar-refractivity contribution >= 4 is 11.1 Å². The lowest BCUT2D eigenvalue weighted by Crippen LogP contribution is -1.96. The average molecular weight is 231 g/mol. The van der Waals surface area contributed by atoms with Crippen LogP contribution in [0.25, 0.3) is 11.1 Å². The molecule has 0 aromatic heterocycles. The predicted octanol–water partition coefficient (Wildman–Crippen LogP) is 4.56. The van der Waals surface area contributed by atoms with Gasteiger partial charge < -0.3 is 0 Å². The molecule has 0 nitrogen and oxygen atoms in total. The van der Waals surface area contributed by atoms with Crippen molar-refractivity contribution < 1.29 is 1.37 Å². The first-order valence-corrected chi connectivity index (χ1v) is 6.11. The van der Waals surface area contributed by atoms with Crippen LogP contribution in [0.5, 0.6) is 0 Å². The van der Waals surface area contributed by atoms with E-state index in [1.807, 2.05) is 42.8 Å². The fourth-order valence-corrected chi connectivity index (χ4v) is 2.22. The van der Waals surface area contributed by atoms with Crippen molar-refractivity contribution in [2.24, 2.45) is 0 Å². The molecule has 2 aromatic rings. The van der Waals surface area contributed by atoms with Crippen molar-refractivity contribution in [3.05, 3.63) is 90.3 Å². The second-order valence-electron chi connectivity index (χ2n) is 4.27. The van der Waals surface area contributed by atoms with Crippen LogP contribution in [0.1, 0.15) is 18.9 Å². The molecule has 0 fully saturated rings. The SMILES string of the molecule is [2H]C1=[C+]CC(c2ccccc2)=C(c2ccccc2)[CH-]1. The highest BCUT2D eigenvalue weighted by Gasteiger charge is 2.12. The Labute approximate surface area is 110 Å². The Morgan fingerprint density at radius 3 is 2.17 bits per heavy atom.